The summed E-state index contributed by atoms with van der Waals surface area (Å²) in [6.45, 7) is 6.94. The lowest BCUT2D eigenvalue weighted by Crippen LogP contribution is -2.40. The standard InChI is InChI=1S/C30H39N3O2/c1-2-18-33-26-15-16-27(33)21-32(19-17-26)29(24-7-6-10-28(34)20-24)22-11-13-23(14-12-22)30(35)31-25-8-4-3-5-9-25/h2,6-7,10-14,20,25-27,29,34H,1,3-5,8-9,15-19,21H2,(H,31,35). The van der Waals surface area contributed by atoms with Crippen LogP contribution in [0.5, 0.6) is 5.75 Å². The Morgan fingerprint density at radius 1 is 1.00 bits per heavy atom. The number of likely N-dealkylation sites (tertiary alicyclic amines) is 1. The molecule has 5 rings (SSSR count). The van der Waals surface area contributed by atoms with Gasteiger partial charge in [0.15, 0.2) is 0 Å². The van der Waals surface area contributed by atoms with Crippen LogP contribution in [0.15, 0.2) is 61.2 Å². The molecule has 3 fully saturated rings. The molecule has 3 unspecified atom stereocenters. The second kappa shape index (κ2) is 11.0. The van der Waals surface area contributed by atoms with Gasteiger partial charge in [-0.1, -0.05) is 49.6 Å². The van der Waals surface area contributed by atoms with E-state index in [1.165, 1.54) is 32.1 Å². The number of hydrogen-bond acceptors (Lipinski definition) is 4. The van der Waals surface area contributed by atoms with Crippen LogP contribution in [0, 0.1) is 0 Å². The minimum Gasteiger partial charge on any atom is -0.508 e. The topological polar surface area (TPSA) is 55.8 Å². The molecule has 2 aromatic rings. The first-order valence-electron chi connectivity index (χ1n) is 13.4. The Morgan fingerprint density at radius 2 is 1.77 bits per heavy atom. The number of amides is 1. The van der Waals surface area contributed by atoms with Gasteiger partial charge in [0.05, 0.1) is 6.04 Å². The van der Waals surface area contributed by atoms with Crippen molar-refractivity contribution >= 4 is 5.91 Å². The van der Waals surface area contributed by atoms with Gasteiger partial charge in [0.1, 0.15) is 5.75 Å². The smallest absolute Gasteiger partial charge is 0.251 e. The van der Waals surface area contributed by atoms with Gasteiger partial charge < -0.3 is 10.4 Å². The second-order valence-corrected chi connectivity index (χ2v) is 10.6. The molecule has 3 atom stereocenters. The number of phenolic OH excluding ortho intramolecular Hbond substituents is 1. The zero-order chi connectivity index (χ0) is 24.2. The highest BCUT2D eigenvalue weighted by Crippen LogP contribution is 2.37. The lowest BCUT2D eigenvalue weighted by Gasteiger charge is -2.34. The highest BCUT2D eigenvalue weighted by Gasteiger charge is 2.38. The monoisotopic (exact) mass is 473 g/mol. The minimum absolute atomic E-state index is 0.0319. The van der Waals surface area contributed by atoms with E-state index in [0.29, 0.717) is 23.9 Å². The molecule has 2 aliphatic heterocycles. The average molecular weight is 474 g/mol. The van der Waals surface area contributed by atoms with Crippen molar-refractivity contribution in [2.75, 3.05) is 19.6 Å². The van der Waals surface area contributed by atoms with Crippen molar-refractivity contribution in [3.63, 3.8) is 0 Å². The number of fused-ring (bicyclic) bond motifs is 2. The van der Waals surface area contributed by atoms with E-state index in [0.717, 1.165) is 55.6 Å². The molecule has 3 aliphatic rings. The predicted molar refractivity (Wildman–Crippen MR) is 141 cm³/mol. The van der Waals surface area contributed by atoms with E-state index in [4.69, 9.17) is 0 Å². The van der Waals surface area contributed by atoms with Crippen molar-refractivity contribution in [2.24, 2.45) is 0 Å². The maximum atomic E-state index is 12.9. The fraction of sp³-hybridized carbons (Fsp3) is 0.500. The van der Waals surface area contributed by atoms with Crippen molar-refractivity contribution < 1.29 is 9.90 Å². The van der Waals surface area contributed by atoms with E-state index in [2.05, 4.69) is 39.9 Å². The highest BCUT2D eigenvalue weighted by atomic mass is 16.3. The third-order valence-corrected chi connectivity index (χ3v) is 8.29. The third-order valence-electron chi connectivity index (χ3n) is 8.29. The van der Waals surface area contributed by atoms with Gasteiger partial charge in [-0.2, -0.15) is 0 Å². The molecule has 5 heteroatoms. The summed E-state index contributed by atoms with van der Waals surface area (Å²) in [4.78, 5) is 18.1. The van der Waals surface area contributed by atoms with E-state index in [-0.39, 0.29) is 11.9 Å². The van der Waals surface area contributed by atoms with Gasteiger partial charge in [-0.05, 0) is 67.5 Å². The Labute approximate surface area is 209 Å². The molecular weight excluding hydrogens is 434 g/mol. The van der Waals surface area contributed by atoms with Gasteiger partial charge in [-0.15, -0.1) is 6.58 Å². The van der Waals surface area contributed by atoms with Crippen molar-refractivity contribution in [3.05, 3.63) is 77.9 Å². The average Bonchev–Trinajstić information content (AvgIpc) is 3.15. The van der Waals surface area contributed by atoms with E-state index in [9.17, 15) is 9.90 Å². The van der Waals surface area contributed by atoms with Crippen LogP contribution < -0.4 is 5.32 Å². The molecule has 35 heavy (non-hydrogen) atoms. The Kier molecular flexibility index (Phi) is 7.54. The summed E-state index contributed by atoms with van der Waals surface area (Å²) >= 11 is 0. The van der Waals surface area contributed by atoms with E-state index in [1.807, 2.05) is 30.3 Å². The Hall–Kier alpha value is -2.63. The fourth-order valence-electron chi connectivity index (χ4n) is 6.52. The van der Waals surface area contributed by atoms with Crippen LogP contribution in [-0.2, 0) is 0 Å². The molecule has 2 saturated heterocycles. The van der Waals surface area contributed by atoms with E-state index < -0.39 is 0 Å². The molecular formula is C30H39N3O2. The zero-order valence-electron chi connectivity index (χ0n) is 20.7. The van der Waals surface area contributed by atoms with Gasteiger partial charge in [-0.25, -0.2) is 0 Å². The molecule has 2 N–H and O–H groups in total. The van der Waals surface area contributed by atoms with Crippen molar-refractivity contribution in [2.45, 2.75) is 75.5 Å². The first-order chi connectivity index (χ1) is 17.1. The minimum atomic E-state index is 0.0319. The quantitative estimate of drug-likeness (QED) is 0.538. The first-order valence-corrected chi connectivity index (χ1v) is 13.4. The summed E-state index contributed by atoms with van der Waals surface area (Å²) in [6.07, 6.45) is 11.5. The normalized spacial score (nSPS) is 24.6. The fourth-order valence-corrected chi connectivity index (χ4v) is 6.52. The van der Waals surface area contributed by atoms with Crippen LogP contribution >= 0.6 is 0 Å². The molecule has 2 bridgehead atoms. The maximum absolute atomic E-state index is 12.9. The Bertz CT molecular complexity index is 1010. The van der Waals surface area contributed by atoms with Gasteiger partial charge in [0.2, 0.25) is 0 Å². The SMILES string of the molecule is C=CCN1C2CCC1CN(C(c1ccc(C(=O)NC3CCCCC3)cc1)c1cccc(O)c1)CC2. The number of nitrogens with zero attached hydrogens (tertiary/aromatic N) is 2. The lowest BCUT2D eigenvalue weighted by atomic mass is 9.93. The van der Waals surface area contributed by atoms with Crippen molar-refractivity contribution in [1.82, 2.24) is 15.1 Å². The molecule has 186 valence electrons. The molecule has 1 aliphatic carbocycles. The molecule has 0 aromatic heterocycles. The number of rotatable bonds is 7. The van der Waals surface area contributed by atoms with Crippen molar-refractivity contribution in [3.8, 4) is 5.75 Å². The number of carbonyl (C=O) groups excluding carboxylic acids is 1. The summed E-state index contributed by atoms with van der Waals surface area (Å²) in [5.41, 5.74) is 2.98. The van der Waals surface area contributed by atoms with Gasteiger partial charge in [-0.3, -0.25) is 14.6 Å². The van der Waals surface area contributed by atoms with Crippen LogP contribution in [0.3, 0.4) is 0 Å². The van der Waals surface area contributed by atoms with Crippen LogP contribution in [0.1, 0.15) is 78.9 Å². The molecule has 2 heterocycles. The van der Waals surface area contributed by atoms with E-state index >= 15 is 0 Å². The first kappa shape index (κ1) is 24.1. The number of carbonyl (C=O) groups is 1. The summed E-state index contributed by atoms with van der Waals surface area (Å²) in [5.74, 6) is 0.324. The van der Waals surface area contributed by atoms with Crippen molar-refractivity contribution in [1.29, 1.82) is 0 Å². The van der Waals surface area contributed by atoms with Crippen LogP contribution in [0.25, 0.3) is 0 Å². The molecule has 2 aromatic carbocycles. The highest BCUT2D eigenvalue weighted by molar-refractivity contribution is 5.94. The molecule has 0 spiro atoms. The second-order valence-electron chi connectivity index (χ2n) is 10.6. The summed E-state index contributed by atoms with van der Waals surface area (Å²) in [5, 5.41) is 13.5. The number of nitrogens with one attached hydrogen (secondary N) is 1. The van der Waals surface area contributed by atoms with Gasteiger partial charge in [0.25, 0.3) is 5.91 Å². The Morgan fingerprint density at radius 3 is 2.51 bits per heavy atom. The lowest BCUT2D eigenvalue weighted by molar-refractivity contribution is 0.0927. The largest absolute Gasteiger partial charge is 0.508 e. The molecule has 0 radical (unpaired) electrons. The maximum Gasteiger partial charge on any atom is 0.251 e. The van der Waals surface area contributed by atoms with E-state index in [1.54, 1.807) is 6.07 Å². The number of aromatic hydroxyl groups is 1. The van der Waals surface area contributed by atoms with Crippen LogP contribution in [0.4, 0.5) is 0 Å². The number of hydrogen-bond donors (Lipinski definition) is 2. The summed E-state index contributed by atoms with van der Waals surface area (Å²) < 4.78 is 0. The molecule has 1 saturated carbocycles. The molecule has 5 nitrogen and oxygen atoms in total. The Balaban J connectivity index is 1.39. The number of benzene rings is 2. The predicted octanol–water partition coefficient (Wildman–Crippen LogP) is 5.27. The number of phenols is 1. The zero-order valence-corrected chi connectivity index (χ0v) is 20.7. The summed E-state index contributed by atoms with van der Waals surface area (Å²) in [6, 6.07) is 17.3. The van der Waals surface area contributed by atoms with Gasteiger partial charge in [0, 0.05) is 43.3 Å². The summed E-state index contributed by atoms with van der Waals surface area (Å²) in [7, 11) is 0. The van der Waals surface area contributed by atoms with Crippen LogP contribution in [-0.4, -0.2) is 58.6 Å². The molecule has 1 amide bonds. The van der Waals surface area contributed by atoms with Crippen LogP contribution in [0.2, 0.25) is 0 Å². The van der Waals surface area contributed by atoms with Gasteiger partial charge >= 0.3 is 0 Å². The third kappa shape index (κ3) is 5.46.